The Hall–Kier alpha value is -0.870. The van der Waals surface area contributed by atoms with Gasteiger partial charge in [0.25, 0.3) is 0 Å². The minimum absolute atomic E-state index is 0.625. The molecule has 0 spiro atoms. The average Bonchev–Trinajstić information content (AvgIpc) is 1.77. The molecule has 1 aliphatic rings. The molecule has 0 aromatic heterocycles. The Morgan fingerprint density at radius 3 is 2.88 bits per heavy atom. The highest BCUT2D eigenvalue weighted by atomic mass is 16.5. The summed E-state index contributed by atoms with van der Waals surface area (Å²) < 4.78 is 0. The van der Waals surface area contributed by atoms with Crippen LogP contribution in [-0.2, 0) is 0 Å². The van der Waals surface area contributed by atoms with Crippen LogP contribution >= 0.6 is 0 Å². The molecule has 8 heavy (non-hydrogen) atoms. The highest BCUT2D eigenvalue weighted by molar-refractivity contribution is 5.71. The summed E-state index contributed by atoms with van der Waals surface area (Å²) in [4.78, 5) is 3.65. The maximum atomic E-state index is 8.69. The third kappa shape index (κ3) is 0.853. The monoisotopic (exact) mass is 113 g/mol. The highest BCUT2D eigenvalue weighted by Crippen LogP contribution is 1.94. The van der Waals surface area contributed by atoms with E-state index in [9.17, 15) is 0 Å². The Bertz CT molecular complexity index is 115. The molecule has 3 N–H and O–H groups in total. The zero-order valence-electron chi connectivity index (χ0n) is 4.23. The van der Waals surface area contributed by atoms with Crippen molar-refractivity contribution in [3.63, 3.8) is 0 Å². The number of nitrogens with zero attached hydrogens (tertiary/aromatic N) is 2. The van der Waals surface area contributed by atoms with Crippen molar-refractivity contribution >= 4 is 6.21 Å². The molecule has 0 radical (unpaired) electrons. The molecule has 0 fully saturated rings. The van der Waals surface area contributed by atoms with Crippen molar-refractivity contribution in [3.05, 3.63) is 12.3 Å². The Kier molecular flexibility index (Phi) is 1.27. The zero-order chi connectivity index (χ0) is 5.98. The standard InChI is InChI=1S/C4H7N3O/c5-4-6-2-1-3-7(4)8/h1-4,8H,5H2. The van der Waals surface area contributed by atoms with Gasteiger partial charge in [-0.3, -0.25) is 15.9 Å². The smallest absolute Gasteiger partial charge is 0.196 e. The quantitative estimate of drug-likeness (QED) is 0.446. The minimum atomic E-state index is -0.625. The van der Waals surface area contributed by atoms with Crippen LogP contribution in [0.25, 0.3) is 0 Å². The molecular formula is C4H7N3O. The van der Waals surface area contributed by atoms with Crippen LogP contribution in [0, 0.1) is 0 Å². The van der Waals surface area contributed by atoms with Crippen LogP contribution in [0.4, 0.5) is 0 Å². The topological polar surface area (TPSA) is 61.8 Å². The average molecular weight is 113 g/mol. The van der Waals surface area contributed by atoms with E-state index in [0.717, 1.165) is 5.06 Å². The van der Waals surface area contributed by atoms with Gasteiger partial charge in [0, 0.05) is 12.4 Å². The molecule has 0 bridgehead atoms. The number of aliphatic imine (C=N–C) groups is 1. The van der Waals surface area contributed by atoms with Crippen molar-refractivity contribution in [3.8, 4) is 0 Å². The van der Waals surface area contributed by atoms with Crippen LogP contribution in [0.15, 0.2) is 17.3 Å². The van der Waals surface area contributed by atoms with Crippen LogP contribution in [0.5, 0.6) is 0 Å². The molecule has 1 unspecified atom stereocenters. The number of hydrogen-bond donors (Lipinski definition) is 2. The van der Waals surface area contributed by atoms with Crippen LogP contribution in [-0.4, -0.2) is 22.8 Å². The summed E-state index contributed by atoms with van der Waals surface area (Å²) in [5.41, 5.74) is 5.20. The summed E-state index contributed by atoms with van der Waals surface area (Å²) in [6.45, 7) is 0. The van der Waals surface area contributed by atoms with E-state index in [1.165, 1.54) is 12.4 Å². The lowest BCUT2D eigenvalue weighted by Gasteiger charge is -2.17. The van der Waals surface area contributed by atoms with Gasteiger partial charge in [-0.05, 0) is 6.08 Å². The maximum Gasteiger partial charge on any atom is 0.196 e. The second kappa shape index (κ2) is 1.94. The summed E-state index contributed by atoms with van der Waals surface area (Å²) in [6, 6.07) is 0. The summed E-state index contributed by atoms with van der Waals surface area (Å²) in [5, 5.41) is 9.52. The summed E-state index contributed by atoms with van der Waals surface area (Å²) in [7, 11) is 0. The summed E-state index contributed by atoms with van der Waals surface area (Å²) in [5.74, 6) is 0. The minimum Gasteiger partial charge on any atom is -0.291 e. The van der Waals surface area contributed by atoms with Crippen molar-refractivity contribution < 1.29 is 5.21 Å². The van der Waals surface area contributed by atoms with Gasteiger partial charge in [-0.1, -0.05) is 0 Å². The van der Waals surface area contributed by atoms with Crippen molar-refractivity contribution in [1.29, 1.82) is 0 Å². The fraction of sp³-hybridized carbons (Fsp3) is 0.250. The Labute approximate surface area is 46.9 Å². The van der Waals surface area contributed by atoms with E-state index in [4.69, 9.17) is 10.9 Å². The van der Waals surface area contributed by atoms with Crippen molar-refractivity contribution in [2.45, 2.75) is 6.29 Å². The third-order valence-corrected chi connectivity index (χ3v) is 0.835. The normalized spacial score (nSPS) is 26.8. The molecular weight excluding hydrogens is 106 g/mol. The first-order valence-electron chi connectivity index (χ1n) is 2.23. The number of allylic oxidation sites excluding steroid dienone is 1. The first-order valence-corrected chi connectivity index (χ1v) is 2.23. The van der Waals surface area contributed by atoms with Gasteiger partial charge in [0.1, 0.15) is 0 Å². The van der Waals surface area contributed by atoms with Gasteiger partial charge >= 0.3 is 0 Å². The van der Waals surface area contributed by atoms with Crippen molar-refractivity contribution in [2.24, 2.45) is 10.7 Å². The molecule has 0 aromatic rings. The molecule has 0 saturated heterocycles. The Morgan fingerprint density at radius 1 is 1.75 bits per heavy atom. The summed E-state index contributed by atoms with van der Waals surface area (Å²) >= 11 is 0. The largest absolute Gasteiger partial charge is 0.291 e. The molecule has 4 heteroatoms. The SMILES string of the molecule is NC1N=CC=CN1O. The van der Waals surface area contributed by atoms with Gasteiger partial charge < -0.3 is 0 Å². The van der Waals surface area contributed by atoms with Crippen LogP contribution in [0.1, 0.15) is 0 Å². The molecule has 0 aromatic carbocycles. The fourth-order valence-electron chi connectivity index (χ4n) is 0.421. The molecule has 44 valence electrons. The van der Waals surface area contributed by atoms with E-state index in [1.807, 2.05) is 0 Å². The van der Waals surface area contributed by atoms with E-state index >= 15 is 0 Å². The fourth-order valence-corrected chi connectivity index (χ4v) is 0.421. The van der Waals surface area contributed by atoms with E-state index < -0.39 is 6.29 Å². The summed E-state index contributed by atoms with van der Waals surface area (Å²) in [6.07, 6.45) is 3.96. The third-order valence-electron chi connectivity index (χ3n) is 0.835. The maximum absolute atomic E-state index is 8.69. The van der Waals surface area contributed by atoms with Crippen molar-refractivity contribution in [2.75, 3.05) is 0 Å². The molecule has 0 saturated carbocycles. The Balaban J connectivity index is 2.59. The molecule has 1 atom stereocenters. The van der Waals surface area contributed by atoms with Crippen LogP contribution < -0.4 is 5.73 Å². The lowest BCUT2D eigenvalue weighted by Crippen LogP contribution is -2.35. The number of hydroxylamine groups is 2. The second-order valence-electron chi connectivity index (χ2n) is 1.43. The van der Waals surface area contributed by atoms with Gasteiger partial charge in [-0.25, -0.2) is 5.06 Å². The molecule has 0 aliphatic carbocycles. The molecule has 1 rings (SSSR count). The Morgan fingerprint density at radius 2 is 2.50 bits per heavy atom. The number of nitrogens with two attached hydrogens (primary N) is 1. The van der Waals surface area contributed by atoms with Crippen LogP contribution in [0.3, 0.4) is 0 Å². The predicted octanol–water partition coefficient (Wildman–Crippen LogP) is -0.482. The van der Waals surface area contributed by atoms with Gasteiger partial charge in [0.15, 0.2) is 6.29 Å². The predicted molar refractivity (Wildman–Crippen MR) is 29.2 cm³/mol. The first-order chi connectivity index (χ1) is 3.80. The first kappa shape index (κ1) is 5.27. The highest BCUT2D eigenvalue weighted by Gasteiger charge is 2.04. The molecule has 4 nitrogen and oxygen atoms in total. The van der Waals surface area contributed by atoms with E-state index in [2.05, 4.69) is 4.99 Å². The van der Waals surface area contributed by atoms with E-state index in [0.29, 0.717) is 0 Å². The van der Waals surface area contributed by atoms with E-state index in [1.54, 1.807) is 6.08 Å². The lowest BCUT2D eigenvalue weighted by molar-refractivity contribution is -0.0753. The molecule has 1 aliphatic heterocycles. The second-order valence-corrected chi connectivity index (χ2v) is 1.43. The van der Waals surface area contributed by atoms with Gasteiger partial charge in [-0.2, -0.15) is 0 Å². The lowest BCUT2D eigenvalue weighted by atomic mass is 10.6. The van der Waals surface area contributed by atoms with Crippen molar-refractivity contribution in [1.82, 2.24) is 5.06 Å². The zero-order valence-corrected chi connectivity index (χ0v) is 4.23. The van der Waals surface area contributed by atoms with Gasteiger partial charge in [0.2, 0.25) is 0 Å². The van der Waals surface area contributed by atoms with Gasteiger partial charge in [0.05, 0.1) is 0 Å². The van der Waals surface area contributed by atoms with Gasteiger partial charge in [-0.15, -0.1) is 0 Å². The molecule has 1 heterocycles. The molecule has 0 amide bonds. The van der Waals surface area contributed by atoms with Crippen LogP contribution in [0.2, 0.25) is 0 Å². The number of rotatable bonds is 0. The van der Waals surface area contributed by atoms with E-state index in [-0.39, 0.29) is 0 Å². The number of hydrogen-bond acceptors (Lipinski definition) is 4.